The molecule has 0 unspecified atom stereocenters. The van der Waals surface area contributed by atoms with E-state index in [2.05, 4.69) is 5.32 Å². The van der Waals surface area contributed by atoms with E-state index in [-0.39, 0.29) is 36.5 Å². The highest BCUT2D eigenvalue weighted by atomic mass is 32.2. The Kier molecular flexibility index (Phi) is 5.59. The maximum Gasteiger partial charge on any atom is 0.317 e. The highest BCUT2D eigenvalue weighted by molar-refractivity contribution is 7.91. The first-order chi connectivity index (χ1) is 8.84. The zero-order valence-corrected chi connectivity index (χ0v) is 11.8. The fourth-order valence-electron chi connectivity index (χ4n) is 1.93. The van der Waals surface area contributed by atoms with Crippen LogP contribution in [0.4, 0.5) is 4.79 Å². The molecule has 0 atom stereocenters. The molecule has 8 heteroatoms. The normalized spacial score (nSPS) is 18.8. The van der Waals surface area contributed by atoms with E-state index in [0.717, 1.165) is 0 Å². The van der Waals surface area contributed by atoms with Gasteiger partial charge in [-0.05, 0) is 19.8 Å². The number of nitrogens with zero attached hydrogens (tertiary/aromatic N) is 1. The lowest BCUT2D eigenvalue weighted by Crippen LogP contribution is -2.47. The van der Waals surface area contributed by atoms with Gasteiger partial charge in [-0.15, -0.1) is 0 Å². The summed E-state index contributed by atoms with van der Waals surface area (Å²) in [6.07, 6.45) is 0.745. The number of carbonyl (C=O) groups is 2. The Hall–Kier alpha value is -1.31. The zero-order chi connectivity index (χ0) is 14.5. The zero-order valence-electron chi connectivity index (χ0n) is 11.0. The third kappa shape index (κ3) is 5.46. The van der Waals surface area contributed by atoms with E-state index in [4.69, 9.17) is 5.11 Å². The smallest absolute Gasteiger partial charge is 0.317 e. The number of hydrogen-bond acceptors (Lipinski definition) is 4. The second kappa shape index (κ2) is 6.74. The Morgan fingerprint density at radius 2 is 1.89 bits per heavy atom. The number of carbonyl (C=O) groups excluding carboxylic acids is 1. The molecule has 2 amide bonds. The van der Waals surface area contributed by atoms with Crippen LogP contribution >= 0.6 is 0 Å². The minimum atomic E-state index is -2.94. The summed E-state index contributed by atoms with van der Waals surface area (Å²) in [4.78, 5) is 23.8. The monoisotopic (exact) mass is 292 g/mol. The number of aliphatic carboxylic acids is 1. The molecule has 0 aromatic carbocycles. The van der Waals surface area contributed by atoms with Crippen LogP contribution in [-0.2, 0) is 14.6 Å². The van der Waals surface area contributed by atoms with Crippen LogP contribution in [0.25, 0.3) is 0 Å². The summed E-state index contributed by atoms with van der Waals surface area (Å²) in [6.45, 7) is 2.35. The Labute approximate surface area is 112 Å². The molecule has 110 valence electrons. The van der Waals surface area contributed by atoms with Crippen molar-refractivity contribution in [3.05, 3.63) is 0 Å². The van der Waals surface area contributed by atoms with Crippen LogP contribution in [0.1, 0.15) is 26.2 Å². The van der Waals surface area contributed by atoms with Gasteiger partial charge in [-0.25, -0.2) is 13.2 Å². The lowest BCUT2D eigenvalue weighted by molar-refractivity contribution is -0.137. The highest BCUT2D eigenvalue weighted by Crippen LogP contribution is 2.12. The van der Waals surface area contributed by atoms with Crippen molar-refractivity contribution in [1.82, 2.24) is 10.2 Å². The minimum Gasteiger partial charge on any atom is -0.481 e. The molecule has 1 heterocycles. The second-order valence-electron chi connectivity index (χ2n) is 4.60. The van der Waals surface area contributed by atoms with Crippen molar-refractivity contribution in [3.63, 3.8) is 0 Å². The topological polar surface area (TPSA) is 104 Å². The number of urea groups is 1. The van der Waals surface area contributed by atoms with Gasteiger partial charge in [0.05, 0.1) is 17.9 Å². The third-order valence-corrected chi connectivity index (χ3v) is 4.86. The van der Waals surface area contributed by atoms with Crippen LogP contribution in [-0.4, -0.2) is 61.1 Å². The summed E-state index contributed by atoms with van der Waals surface area (Å²) in [5.74, 6) is -0.756. The SMILES string of the molecule is CCN(CCC(=O)O)C(=O)NC1CCS(=O)(=O)CC1. The second-order valence-corrected chi connectivity index (χ2v) is 6.90. The molecule has 0 radical (unpaired) electrons. The highest BCUT2D eigenvalue weighted by Gasteiger charge is 2.25. The molecule has 7 nitrogen and oxygen atoms in total. The summed E-state index contributed by atoms with van der Waals surface area (Å²) < 4.78 is 22.5. The number of amides is 2. The Bertz CT molecular complexity index is 420. The number of rotatable bonds is 5. The number of carboxylic acids is 1. The number of sulfone groups is 1. The standard InChI is InChI=1S/C11H20N2O5S/c1-2-13(6-3-10(14)15)11(16)12-9-4-7-19(17,18)8-5-9/h9H,2-8H2,1H3,(H,12,16)(H,14,15). The number of nitrogens with one attached hydrogen (secondary N) is 1. The largest absolute Gasteiger partial charge is 0.481 e. The van der Waals surface area contributed by atoms with Gasteiger partial charge >= 0.3 is 12.0 Å². The predicted octanol–water partition coefficient (Wildman–Crippen LogP) is 0.0698. The average molecular weight is 292 g/mol. The van der Waals surface area contributed by atoms with Crippen LogP contribution in [0.15, 0.2) is 0 Å². The molecule has 19 heavy (non-hydrogen) atoms. The molecular formula is C11H20N2O5S. The summed E-state index contributed by atoms with van der Waals surface area (Å²) in [6, 6.07) is -0.469. The van der Waals surface area contributed by atoms with Gasteiger partial charge in [-0.1, -0.05) is 0 Å². The average Bonchev–Trinajstić information content (AvgIpc) is 2.32. The Balaban J connectivity index is 2.42. The van der Waals surface area contributed by atoms with Crippen LogP contribution in [0.3, 0.4) is 0 Å². The molecule has 0 saturated carbocycles. The van der Waals surface area contributed by atoms with Gasteiger partial charge in [0.2, 0.25) is 0 Å². The minimum absolute atomic E-state index is 0.0964. The van der Waals surface area contributed by atoms with Crippen LogP contribution in [0, 0.1) is 0 Å². The van der Waals surface area contributed by atoms with Crippen molar-refractivity contribution in [3.8, 4) is 0 Å². The maximum atomic E-state index is 11.9. The van der Waals surface area contributed by atoms with Crippen molar-refractivity contribution in [2.75, 3.05) is 24.6 Å². The van der Waals surface area contributed by atoms with E-state index in [1.54, 1.807) is 6.92 Å². The number of carboxylic acid groups (broad SMARTS) is 1. The summed E-state index contributed by atoms with van der Waals surface area (Å²) >= 11 is 0. The molecule has 1 rings (SSSR count). The first-order valence-corrected chi connectivity index (χ1v) is 8.14. The first-order valence-electron chi connectivity index (χ1n) is 6.31. The van der Waals surface area contributed by atoms with E-state index in [9.17, 15) is 18.0 Å². The van der Waals surface area contributed by atoms with Gasteiger partial charge < -0.3 is 15.3 Å². The molecular weight excluding hydrogens is 272 g/mol. The van der Waals surface area contributed by atoms with Crippen molar-refractivity contribution in [2.24, 2.45) is 0 Å². The number of hydrogen-bond donors (Lipinski definition) is 2. The quantitative estimate of drug-likeness (QED) is 0.746. The van der Waals surface area contributed by atoms with Gasteiger partial charge in [0.25, 0.3) is 0 Å². The lowest BCUT2D eigenvalue weighted by atomic mass is 10.1. The van der Waals surface area contributed by atoms with Crippen molar-refractivity contribution in [1.29, 1.82) is 0 Å². The summed E-state index contributed by atoms with van der Waals surface area (Å²) in [5, 5.41) is 11.4. The molecule has 0 aromatic rings. The lowest BCUT2D eigenvalue weighted by Gasteiger charge is -2.27. The fraction of sp³-hybridized carbons (Fsp3) is 0.818. The van der Waals surface area contributed by atoms with Gasteiger partial charge in [-0.2, -0.15) is 0 Å². The Morgan fingerprint density at radius 1 is 1.32 bits per heavy atom. The van der Waals surface area contributed by atoms with Crippen molar-refractivity contribution < 1.29 is 23.1 Å². The van der Waals surface area contributed by atoms with E-state index in [0.29, 0.717) is 19.4 Å². The maximum absolute atomic E-state index is 11.9. The summed E-state index contributed by atoms with van der Waals surface area (Å²) in [5.41, 5.74) is 0. The van der Waals surface area contributed by atoms with E-state index < -0.39 is 15.8 Å². The molecule has 0 bridgehead atoms. The third-order valence-electron chi connectivity index (χ3n) is 3.15. The molecule has 1 fully saturated rings. The van der Waals surface area contributed by atoms with Crippen molar-refractivity contribution in [2.45, 2.75) is 32.2 Å². The van der Waals surface area contributed by atoms with Crippen LogP contribution < -0.4 is 5.32 Å². The van der Waals surface area contributed by atoms with Gasteiger partial charge in [-0.3, -0.25) is 4.79 Å². The van der Waals surface area contributed by atoms with E-state index in [1.165, 1.54) is 4.90 Å². The van der Waals surface area contributed by atoms with Crippen molar-refractivity contribution >= 4 is 21.8 Å². The molecule has 1 saturated heterocycles. The summed E-state index contributed by atoms with van der Waals surface area (Å²) in [7, 11) is -2.94. The molecule has 0 spiro atoms. The van der Waals surface area contributed by atoms with Gasteiger partial charge in [0.15, 0.2) is 0 Å². The fourth-order valence-corrected chi connectivity index (χ4v) is 3.43. The predicted molar refractivity (Wildman–Crippen MR) is 69.7 cm³/mol. The van der Waals surface area contributed by atoms with E-state index in [1.807, 2.05) is 0 Å². The molecule has 1 aliphatic rings. The van der Waals surface area contributed by atoms with Gasteiger partial charge in [0, 0.05) is 19.1 Å². The van der Waals surface area contributed by atoms with Crippen LogP contribution in [0.5, 0.6) is 0 Å². The molecule has 0 aromatic heterocycles. The van der Waals surface area contributed by atoms with Gasteiger partial charge in [0.1, 0.15) is 9.84 Å². The van der Waals surface area contributed by atoms with Crippen LogP contribution in [0.2, 0.25) is 0 Å². The molecule has 1 aliphatic heterocycles. The first kappa shape index (κ1) is 15.7. The molecule has 0 aliphatic carbocycles. The van der Waals surface area contributed by atoms with E-state index >= 15 is 0 Å². The Morgan fingerprint density at radius 3 is 2.37 bits per heavy atom. The molecule has 2 N–H and O–H groups in total.